The zero-order valence-electron chi connectivity index (χ0n) is 10.6. The Balaban J connectivity index is 2.49. The van der Waals surface area contributed by atoms with Gasteiger partial charge in [-0.3, -0.25) is 0 Å². The average molecular weight is 245 g/mol. The summed E-state index contributed by atoms with van der Waals surface area (Å²) in [6, 6.07) is 0. The van der Waals surface area contributed by atoms with Gasteiger partial charge in [-0.1, -0.05) is 0 Å². The summed E-state index contributed by atoms with van der Waals surface area (Å²) in [5, 5.41) is 0. The highest BCUT2D eigenvalue weighted by atomic mass is 19.1. The summed E-state index contributed by atoms with van der Waals surface area (Å²) < 4.78 is 18.8. The minimum absolute atomic E-state index is 0.0212. The summed E-state index contributed by atoms with van der Waals surface area (Å²) >= 11 is 0. The maximum absolute atomic E-state index is 13.7. The molecule has 1 amide bonds. The number of likely N-dealkylation sites (tertiary alicyclic amines) is 1. The Morgan fingerprint density at radius 1 is 1.53 bits per heavy atom. The highest BCUT2D eigenvalue weighted by Crippen LogP contribution is 2.24. The number of carbonyl (C=O) groups excluding carboxylic acids is 2. The number of halogens is 1. The third-order valence-electron chi connectivity index (χ3n) is 2.73. The van der Waals surface area contributed by atoms with E-state index in [-0.39, 0.29) is 18.9 Å². The molecule has 17 heavy (non-hydrogen) atoms. The van der Waals surface area contributed by atoms with Gasteiger partial charge in [0.2, 0.25) is 0 Å². The molecular formula is C12H20FNO3. The monoisotopic (exact) mass is 245 g/mol. The minimum Gasteiger partial charge on any atom is -0.444 e. The molecule has 0 spiro atoms. The molecule has 5 heteroatoms. The molecule has 1 aliphatic heterocycles. The second-order valence-corrected chi connectivity index (χ2v) is 5.39. The van der Waals surface area contributed by atoms with Crippen LogP contribution in [0.2, 0.25) is 0 Å². The highest BCUT2D eigenvalue weighted by Gasteiger charge is 2.33. The molecule has 0 aromatic carbocycles. The smallest absolute Gasteiger partial charge is 0.410 e. The third-order valence-corrected chi connectivity index (χ3v) is 2.73. The Kier molecular flexibility index (Phi) is 4.48. The molecular weight excluding hydrogens is 225 g/mol. The van der Waals surface area contributed by atoms with E-state index >= 15 is 0 Å². The molecule has 0 aliphatic carbocycles. The molecule has 0 saturated carbocycles. The molecule has 0 N–H and O–H groups in total. The van der Waals surface area contributed by atoms with E-state index in [1.807, 2.05) is 0 Å². The standard InChI is InChI=1S/C12H20FNO3/c1-12(2,3)17-11(16)14-6-4-9(5-7-15)10(13)8-14/h7,9-10H,4-6,8H2,1-3H3/t9-,10-/m1/s1. The van der Waals surface area contributed by atoms with Gasteiger partial charge in [0.1, 0.15) is 18.1 Å². The highest BCUT2D eigenvalue weighted by molar-refractivity contribution is 5.68. The number of nitrogens with zero attached hydrogens (tertiary/aromatic N) is 1. The zero-order valence-corrected chi connectivity index (χ0v) is 10.6. The zero-order chi connectivity index (χ0) is 13.1. The van der Waals surface area contributed by atoms with Crippen molar-refractivity contribution >= 4 is 12.4 Å². The second kappa shape index (κ2) is 5.47. The van der Waals surface area contributed by atoms with Crippen LogP contribution in [0.5, 0.6) is 0 Å². The van der Waals surface area contributed by atoms with Crippen molar-refractivity contribution in [1.29, 1.82) is 0 Å². The predicted molar refractivity (Wildman–Crippen MR) is 61.5 cm³/mol. The van der Waals surface area contributed by atoms with Gasteiger partial charge < -0.3 is 14.4 Å². The lowest BCUT2D eigenvalue weighted by molar-refractivity contribution is -0.109. The summed E-state index contributed by atoms with van der Waals surface area (Å²) in [5.74, 6) is -0.258. The van der Waals surface area contributed by atoms with Crippen LogP contribution in [0.25, 0.3) is 0 Å². The van der Waals surface area contributed by atoms with E-state index in [1.165, 1.54) is 4.90 Å². The van der Waals surface area contributed by atoms with Gasteiger partial charge in [-0.2, -0.15) is 0 Å². The van der Waals surface area contributed by atoms with Gasteiger partial charge >= 0.3 is 6.09 Å². The first-order valence-corrected chi connectivity index (χ1v) is 5.89. The number of aldehydes is 1. The molecule has 1 aliphatic rings. The minimum atomic E-state index is -1.14. The van der Waals surface area contributed by atoms with E-state index in [2.05, 4.69) is 0 Å². The van der Waals surface area contributed by atoms with Gasteiger partial charge in [0.05, 0.1) is 6.54 Å². The number of rotatable bonds is 2. The lowest BCUT2D eigenvalue weighted by Crippen LogP contribution is -2.46. The average Bonchev–Trinajstić information content (AvgIpc) is 2.18. The van der Waals surface area contributed by atoms with Gasteiger partial charge in [0.25, 0.3) is 0 Å². The topological polar surface area (TPSA) is 46.6 Å². The first-order chi connectivity index (χ1) is 7.83. The number of ether oxygens (including phenoxy) is 1. The van der Waals surface area contributed by atoms with Gasteiger partial charge in [0.15, 0.2) is 0 Å². The Bertz CT molecular complexity index is 288. The van der Waals surface area contributed by atoms with E-state index in [1.54, 1.807) is 20.8 Å². The largest absolute Gasteiger partial charge is 0.444 e. The lowest BCUT2D eigenvalue weighted by Gasteiger charge is -2.35. The molecule has 2 atom stereocenters. The van der Waals surface area contributed by atoms with Crippen LogP contribution in [-0.4, -0.2) is 42.1 Å². The van der Waals surface area contributed by atoms with E-state index in [4.69, 9.17) is 4.74 Å². The molecule has 98 valence electrons. The first-order valence-electron chi connectivity index (χ1n) is 5.89. The number of hydrogen-bond donors (Lipinski definition) is 0. The van der Waals surface area contributed by atoms with Crippen molar-refractivity contribution in [1.82, 2.24) is 4.90 Å². The van der Waals surface area contributed by atoms with Crippen LogP contribution < -0.4 is 0 Å². The fraction of sp³-hybridized carbons (Fsp3) is 0.833. The summed E-state index contributed by atoms with van der Waals surface area (Å²) in [5.41, 5.74) is -0.567. The van der Waals surface area contributed by atoms with Crippen molar-refractivity contribution in [3.05, 3.63) is 0 Å². The van der Waals surface area contributed by atoms with Crippen LogP contribution in [0.3, 0.4) is 0 Å². The Morgan fingerprint density at radius 3 is 2.65 bits per heavy atom. The Labute approximate surface area is 101 Å². The first kappa shape index (κ1) is 13.9. The second-order valence-electron chi connectivity index (χ2n) is 5.39. The normalized spacial score (nSPS) is 25.5. The number of alkyl halides is 1. The number of hydrogen-bond acceptors (Lipinski definition) is 3. The maximum Gasteiger partial charge on any atom is 0.410 e. The van der Waals surface area contributed by atoms with Crippen LogP contribution >= 0.6 is 0 Å². The van der Waals surface area contributed by atoms with Crippen molar-refractivity contribution in [2.24, 2.45) is 5.92 Å². The van der Waals surface area contributed by atoms with Crippen molar-refractivity contribution in [3.8, 4) is 0 Å². The molecule has 0 radical (unpaired) electrons. The molecule has 0 aromatic heterocycles. The fourth-order valence-corrected chi connectivity index (χ4v) is 1.83. The summed E-state index contributed by atoms with van der Waals surface area (Å²) in [4.78, 5) is 23.4. The molecule has 0 unspecified atom stereocenters. The van der Waals surface area contributed by atoms with E-state index in [9.17, 15) is 14.0 Å². The summed E-state index contributed by atoms with van der Waals surface area (Å²) in [6.45, 7) is 5.80. The van der Waals surface area contributed by atoms with E-state index < -0.39 is 17.9 Å². The van der Waals surface area contributed by atoms with Gasteiger partial charge in [0, 0.05) is 18.9 Å². The SMILES string of the molecule is CC(C)(C)OC(=O)N1CC[C@H](CC=O)[C@H](F)C1. The van der Waals surface area contributed by atoms with Crippen LogP contribution in [0.4, 0.5) is 9.18 Å². The van der Waals surface area contributed by atoms with Crippen LogP contribution in [0.1, 0.15) is 33.6 Å². The van der Waals surface area contributed by atoms with Crippen LogP contribution in [0.15, 0.2) is 0 Å². The lowest BCUT2D eigenvalue weighted by atomic mass is 9.92. The van der Waals surface area contributed by atoms with Crippen molar-refractivity contribution in [2.45, 2.75) is 45.4 Å². The molecule has 1 saturated heterocycles. The summed E-state index contributed by atoms with van der Waals surface area (Å²) in [6.07, 6.45) is -0.144. The van der Waals surface area contributed by atoms with E-state index in [0.29, 0.717) is 13.0 Å². The molecule has 0 aromatic rings. The van der Waals surface area contributed by atoms with Crippen molar-refractivity contribution in [2.75, 3.05) is 13.1 Å². The molecule has 1 rings (SSSR count). The van der Waals surface area contributed by atoms with Crippen molar-refractivity contribution < 1.29 is 18.7 Å². The van der Waals surface area contributed by atoms with Crippen LogP contribution in [0, 0.1) is 5.92 Å². The number of piperidine rings is 1. The fourth-order valence-electron chi connectivity index (χ4n) is 1.83. The molecule has 0 bridgehead atoms. The Morgan fingerprint density at radius 2 is 2.18 bits per heavy atom. The van der Waals surface area contributed by atoms with Gasteiger partial charge in [-0.05, 0) is 27.2 Å². The summed E-state index contributed by atoms with van der Waals surface area (Å²) in [7, 11) is 0. The number of carbonyl (C=O) groups is 2. The van der Waals surface area contributed by atoms with Gasteiger partial charge in [-0.15, -0.1) is 0 Å². The van der Waals surface area contributed by atoms with Crippen LogP contribution in [-0.2, 0) is 9.53 Å². The van der Waals surface area contributed by atoms with E-state index in [0.717, 1.165) is 6.29 Å². The number of amides is 1. The quantitative estimate of drug-likeness (QED) is 0.700. The predicted octanol–water partition coefficient (Wildman–Crippen LogP) is 2.17. The van der Waals surface area contributed by atoms with Crippen molar-refractivity contribution in [3.63, 3.8) is 0 Å². The maximum atomic E-state index is 13.7. The molecule has 1 heterocycles. The van der Waals surface area contributed by atoms with Gasteiger partial charge in [-0.25, -0.2) is 9.18 Å². The Hall–Kier alpha value is -1.13. The third kappa shape index (κ3) is 4.32. The molecule has 1 fully saturated rings. The molecule has 4 nitrogen and oxygen atoms in total.